The average Bonchev–Trinajstić information content (AvgIpc) is 3.08. The van der Waals surface area contributed by atoms with Gasteiger partial charge in [0.15, 0.2) is 0 Å². The van der Waals surface area contributed by atoms with Gasteiger partial charge in [0.1, 0.15) is 5.76 Å². The Balaban J connectivity index is 1.43. The molecule has 2 bridgehead atoms. The number of hydrogen-bond acceptors (Lipinski definition) is 5. The van der Waals surface area contributed by atoms with Crippen molar-refractivity contribution in [1.29, 1.82) is 0 Å². The Morgan fingerprint density at radius 1 is 1.36 bits per heavy atom. The van der Waals surface area contributed by atoms with Crippen molar-refractivity contribution >= 4 is 5.91 Å². The molecular weight excluding hydrogens is 322 g/mol. The minimum absolute atomic E-state index is 0.0613. The number of fused-ring (bicyclic) bond motifs is 4. The van der Waals surface area contributed by atoms with E-state index in [1.54, 1.807) is 12.1 Å². The summed E-state index contributed by atoms with van der Waals surface area (Å²) < 4.78 is 12.0. The molecule has 2 aliphatic rings. The molecule has 4 rings (SSSR count). The summed E-state index contributed by atoms with van der Waals surface area (Å²) in [4.78, 5) is 26.6. The Labute approximate surface area is 145 Å². The third kappa shape index (κ3) is 3.06. The van der Waals surface area contributed by atoms with E-state index in [1.165, 1.54) is 7.11 Å². The van der Waals surface area contributed by atoms with Gasteiger partial charge in [-0.1, -0.05) is 6.07 Å². The Hall–Kier alpha value is -2.57. The predicted octanol–water partition coefficient (Wildman–Crippen LogP) is 1.42. The number of carbonyl (C=O) groups excluding carboxylic acids is 1. The number of likely N-dealkylation sites (tertiary alicyclic amines) is 1. The molecule has 1 saturated heterocycles. The standard InChI is InChI=1S/C18H21N3O4/c1-24-16-8-14(25-19-16)5-6-17(22)20-9-12-7-13(11-20)15-3-2-4-18(23)21(15)10-12/h2-4,8,12-13H,5-7,9-11H2,1H3. The van der Waals surface area contributed by atoms with Crippen LogP contribution in [-0.4, -0.2) is 40.7 Å². The van der Waals surface area contributed by atoms with Crippen molar-refractivity contribution < 1.29 is 14.1 Å². The highest BCUT2D eigenvalue weighted by molar-refractivity contribution is 5.76. The fraction of sp³-hybridized carbons (Fsp3) is 0.500. The van der Waals surface area contributed by atoms with Crippen LogP contribution in [0.4, 0.5) is 0 Å². The third-order valence-corrected chi connectivity index (χ3v) is 5.16. The van der Waals surface area contributed by atoms with Gasteiger partial charge in [0, 0.05) is 56.2 Å². The van der Waals surface area contributed by atoms with Crippen LogP contribution in [0.5, 0.6) is 5.88 Å². The van der Waals surface area contributed by atoms with Crippen LogP contribution in [-0.2, 0) is 17.8 Å². The molecule has 25 heavy (non-hydrogen) atoms. The van der Waals surface area contributed by atoms with Gasteiger partial charge >= 0.3 is 0 Å². The summed E-state index contributed by atoms with van der Waals surface area (Å²) in [5.74, 6) is 1.80. The second-order valence-corrected chi connectivity index (χ2v) is 6.83. The van der Waals surface area contributed by atoms with Crippen molar-refractivity contribution in [2.75, 3.05) is 20.2 Å². The van der Waals surface area contributed by atoms with E-state index >= 15 is 0 Å². The average molecular weight is 343 g/mol. The zero-order chi connectivity index (χ0) is 17.4. The van der Waals surface area contributed by atoms with Gasteiger partial charge in [0.25, 0.3) is 11.4 Å². The zero-order valence-corrected chi connectivity index (χ0v) is 14.2. The lowest BCUT2D eigenvalue weighted by molar-refractivity contribution is -0.134. The molecule has 2 unspecified atom stereocenters. The number of piperidine rings is 1. The second-order valence-electron chi connectivity index (χ2n) is 6.83. The molecule has 7 nitrogen and oxygen atoms in total. The van der Waals surface area contributed by atoms with Crippen LogP contribution in [0, 0.1) is 5.92 Å². The minimum atomic E-state index is 0.0613. The van der Waals surface area contributed by atoms with Crippen LogP contribution in [0.1, 0.15) is 30.2 Å². The highest BCUT2D eigenvalue weighted by atomic mass is 16.5. The van der Waals surface area contributed by atoms with Gasteiger partial charge in [-0.05, 0) is 23.6 Å². The number of ether oxygens (including phenoxy) is 1. The van der Waals surface area contributed by atoms with Crippen molar-refractivity contribution in [3.63, 3.8) is 0 Å². The molecular formula is C18H21N3O4. The van der Waals surface area contributed by atoms with Crippen molar-refractivity contribution in [3.05, 3.63) is 46.1 Å². The second kappa shape index (κ2) is 6.38. The number of hydrogen-bond donors (Lipinski definition) is 0. The number of aromatic nitrogens is 2. The molecule has 1 fully saturated rings. The maximum atomic E-state index is 12.6. The number of aryl methyl sites for hydroxylation is 1. The van der Waals surface area contributed by atoms with Crippen molar-refractivity contribution in [2.45, 2.75) is 31.7 Å². The smallest absolute Gasteiger partial charge is 0.254 e. The van der Waals surface area contributed by atoms with Crippen molar-refractivity contribution in [3.8, 4) is 5.88 Å². The summed E-state index contributed by atoms with van der Waals surface area (Å²) in [5.41, 5.74) is 1.12. The Morgan fingerprint density at radius 2 is 2.24 bits per heavy atom. The Morgan fingerprint density at radius 3 is 3.04 bits per heavy atom. The molecule has 0 spiro atoms. The molecule has 1 amide bonds. The van der Waals surface area contributed by atoms with Gasteiger partial charge in [-0.25, -0.2) is 0 Å². The molecule has 4 heterocycles. The molecule has 0 N–H and O–H groups in total. The van der Waals surface area contributed by atoms with E-state index in [-0.39, 0.29) is 17.4 Å². The van der Waals surface area contributed by atoms with E-state index in [4.69, 9.17) is 9.26 Å². The Kier molecular flexibility index (Phi) is 4.07. The first-order valence-electron chi connectivity index (χ1n) is 8.61. The number of methoxy groups -OCH3 is 1. The van der Waals surface area contributed by atoms with Crippen LogP contribution in [0.15, 0.2) is 33.6 Å². The highest BCUT2D eigenvalue weighted by Crippen LogP contribution is 2.35. The molecule has 0 radical (unpaired) electrons. The minimum Gasteiger partial charge on any atom is -0.479 e. The predicted molar refractivity (Wildman–Crippen MR) is 89.5 cm³/mol. The molecule has 2 aromatic heterocycles. The lowest BCUT2D eigenvalue weighted by atomic mass is 9.83. The first kappa shape index (κ1) is 15.9. The molecule has 0 saturated carbocycles. The van der Waals surface area contributed by atoms with Crippen LogP contribution in [0.3, 0.4) is 0 Å². The van der Waals surface area contributed by atoms with Crippen molar-refractivity contribution in [1.82, 2.24) is 14.6 Å². The van der Waals surface area contributed by atoms with E-state index < -0.39 is 0 Å². The molecule has 0 aliphatic carbocycles. The van der Waals surface area contributed by atoms with E-state index in [0.29, 0.717) is 43.5 Å². The maximum absolute atomic E-state index is 12.6. The van der Waals surface area contributed by atoms with Gasteiger partial charge in [-0.15, -0.1) is 0 Å². The molecule has 0 aromatic carbocycles. The van der Waals surface area contributed by atoms with Gasteiger partial charge in [0.2, 0.25) is 5.91 Å². The number of rotatable bonds is 4. The monoisotopic (exact) mass is 343 g/mol. The largest absolute Gasteiger partial charge is 0.479 e. The summed E-state index contributed by atoms with van der Waals surface area (Å²) >= 11 is 0. The van der Waals surface area contributed by atoms with Crippen LogP contribution >= 0.6 is 0 Å². The first-order chi connectivity index (χ1) is 12.1. The number of amides is 1. The van der Waals surface area contributed by atoms with Crippen LogP contribution in [0.2, 0.25) is 0 Å². The fourth-order valence-corrected chi connectivity index (χ4v) is 4.00. The molecule has 2 atom stereocenters. The van der Waals surface area contributed by atoms with E-state index in [1.807, 2.05) is 21.6 Å². The number of carbonyl (C=O) groups is 1. The lowest BCUT2D eigenvalue weighted by Gasteiger charge is -2.42. The normalized spacial score (nSPS) is 21.7. The quantitative estimate of drug-likeness (QED) is 0.839. The zero-order valence-electron chi connectivity index (χ0n) is 14.2. The summed E-state index contributed by atoms with van der Waals surface area (Å²) in [5, 5.41) is 3.75. The van der Waals surface area contributed by atoms with E-state index in [0.717, 1.165) is 18.7 Å². The van der Waals surface area contributed by atoms with Crippen LogP contribution < -0.4 is 10.3 Å². The van der Waals surface area contributed by atoms with Gasteiger partial charge < -0.3 is 18.7 Å². The van der Waals surface area contributed by atoms with Gasteiger partial charge in [-0.2, -0.15) is 0 Å². The van der Waals surface area contributed by atoms with Crippen LogP contribution in [0.25, 0.3) is 0 Å². The fourth-order valence-electron chi connectivity index (χ4n) is 4.00. The van der Waals surface area contributed by atoms with Gasteiger partial charge in [0.05, 0.1) is 7.11 Å². The number of pyridine rings is 1. The topological polar surface area (TPSA) is 77.6 Å². The first-order valence-corrected chi connectivity index (χ1v) is 8.61. The number of nitrogens with zero attached hydrogens (tertiary/aromatic N) is 3. The molecule has 2 aromatic rings. The third-order valence-electron chi connectivity index (χ3n) is 5.16. The highest BCUT2D eigenvalue weighted by Gasteiger charge is 2.36. The lowest BCUT2D eigenvalue weighted by Crippen LogP contribution is -2.49. The van der Waals surface area contributed by atoms with E-state index in [2.05, 4.69) is 5.16 Å². The summed E-state index contributed by atoms with van der Waals surface area (Å²) in [7, 11) is 1.53. The van der Waals surface area contributed by atoms with E-state index in [9.17, 15) is 9.59 Å². The SMILES string of the molecule is COc1cc(CCC(=O)N2CC3CC(C2)c2cccc(=O)n2C3)on1. The maximum Gasteiger partial charge on any atom is 0.254 e. The molecule has 132 valence electrons. The van der Waals surface area contributed by atoms with Crippen molar-refractivity contribution in [2.24, 2.45) is 5.92 Å². The summed E-state index contributed by atoms with van der Waals surface area (Å²) in [6.07, 6.45) is 1.95. The van der Waals surface area contributed by atoms with Gasteiger partial charge in [-0.3, -0.25) is 9.59 Å². The molecule has 7 heteroatoms. The Bertz CT molecular complexity index is 841. The summed E-state index contributed by atoms with van der Waals surface area (Å²) in [6, 6.07) is 7.14. The summed E-state index contributed by atoms with van der Waals surface area (Å²) in [6.45, 7) is 2.10. The molecule has 2 aliphatic heterocycles.